The monoisotopic (exact) mass is 357 g/mol. The number of hydrazone groups is 1. The molecule has 2 rings (SSSR count). The summed E-state index contributed by atoms with van der Waals surface area (Å²) < 4.78 is 22.7. The van der Waals surface area contributed by atoms with E-state index in [9.17, 15) is 4.39 Å². The van der Waals surface area contributed by atoms with Crippen molar-refractivity contribution >= 4 is 17.8 Å². The number of ether oxygens (including phenoxy) is 1. The van der Waals surface area contributed by atoms with Crippen molar-refractivity contribution in [2.24, 2.45) is 16.7 Å². The maximum atomic E-state index is 14.2. The Balaban J connectivity index is 1.95. The first-order valence-corrected chi connectivity index (χ1v) is 8.70. The summed E-state index contributed by atoms with van der Waals surface area (Å²) in [4.78, 5) is 0.678. The molecule has 1 aromatic carbocycles. The predicted octanol–water partition coefficient (Wildman–Crippen LogP) is 0.780. The molecule has 24 heavy (non-hydrogen) atoms. The molecule has 0 spiro atoms. The summed E-state index contributed by atoms with van der Waals surface area (Å²) in [6.07, 6.45) is 3.14. The molecule has 1 atom stereocenters. The van der Waals surface area contributed by atoms with Crippen molar-refractivity contribution in [1.29, 1.82) is 0 Å². The number of amidine groups is 1. The van der Waals surface area contributed by atoms with Crippen LogP contribution < -0.4 is 16.3 Å². The molecule has 0 aliphatic carbocycles. The lowest BCUT2D eigenvalue weighted by molar-refractivity contribution is -0.00546. The fourth-order valence-electron chi connectivity index (χ4n) is 2.34. The molecule has 0 amide bonds. The molecule has 1 unspecified atom stereocenters. The number of benzene rings is 1. The van der Waals surface area contributed by atoms with Gasteiger partial charge in [0.2, 0.25) is 0 Å². The molecular weight excluding hydrogens is 333 g/mol. The summed E-state index contributed by atoms with van der Waals surface area (Å²) in [6.45, 7) is 1.59. The van der Waals surface area contributed by atoms with Crippen molar-refractivity contribution in [2.45, 2.75) is 30.3 Å². The quantitative estimate of drug-likeness (QED) is 0.136. The van der Waals surface area contributed by atoms with Crippen molar-refractivity contribution in [2.75, 3.05) is 26.3 Å². The highest BCUT2D eigenvalue weighted by Gasteiger charge is 2.16. The van der Waals surface area contributed by atoms with E-state index in [1.54, 1.807) is 12.1 Å². The van der Waals surface area contributed by atoms with Gasteiger partial charge in [-0.3, -0.25) is 4.72 Å². The second-order valence-electron chi connectivity index (χ2n) is 5.46. The van der Waals surface area contributed by atoms with E-state index in [1.165, 1.54) is 23.1 Å². The van der Waals surface area contributed by atoms with Crippen LogP contribution in [-0.4, -0.2) is 48.5 Å². The van der Waals surface area contributed by atoms with E-state index in [2.05, 4.69) is 9.82 Å². The Bertz CT molecular complexity index is 555. The number of aliphatic hydroxyl groups excluding tert-OH is 1. The van der Waals surface area contributed by atoms with Gasteiger partial charge in [0.05, 0.1) is 24.8 Å². The van der Waals surface area contributed by atoms with E-state index in [1.807, 2.05) is 0 Å². The number of hydrogen-bond donors (Lipinski definition) is 4. The van der Waals surface area contributed by atoms with Gasteiger partial charge in [-0.25, -0.2) is 15.4 Å². The maximum Gasteiger partial charge on any atom is 0.155 e. The maximum absolute atomic E-state index is 14.2. The smallest absolute Gasteiger partial charge is 0.155 e. The van der Waals surface area contributed by atoms with E-state index < -0.39 is 5.82 Å². The van der Waals surface area contributed by atoms with Crippen LogP contribution in [0.1, 0.15) is 24.8 Å². The van der Waals surface area contributed by atoms with Crippen LogP contribution in [0.4, 0.5) is 4.39 Å². The standard InChI is InChI=1S/C15H24FN5O2S/c16-14-9-12(24-19-6-7-22)4-5-13(14)15(17)20-21(18)10-11-3-1-2-8-23-11/h4-5,9,11,19,22H,1-3,6-8,10,18H2,(H2,17,20). The normalized spacial score (nSPS) is 18.6. The van der Waals surface area contributed by atoms with Gasteiger partial charge in [0.1, 0.15) is 5.82 Å². The van der Waals surface area contributed by atoms with Gasteiger partial charge in [-0.2, -0.15) is 0 Å². The fourth-order valence-corrected chi connectivity index (χ4v) is 3.00. The molecular formula is C15H24FN5O2S. The highest BCUT2D eigenvalue weighted by Crippen LogP contribution is 2.18. The third-order valence-electron chi connectivity index (χ3n) is 3.52. The van der Waals surface area contributed by atoms with Gasteiger partial charge >= 0.3 is 0 Å². The first-order chi connectivity index (χ1) is 11.6. The van der Waals surface area contributed by atoms with Crippen LogP contribution >= 0.6 is 11.9 Å². The molecule has 7 nitrogen and oxygen atoms in total. The lowest BCUT2D eigenvalue weighted by atomic mass is 10.1. The molecule has 0 aromatic heterocycles. The van der Waals surface area contributed by atoms with Crippen molar-refractivity contribution in [3.63, 3.8) is 0 Å². The van der Waals surface area contributed by atoms with Crippen molar-refractivity contribution in [3.05, 3.63) is 29.6 Å². The Labute approximate surface area is 145 Å². The zero-order valence-corrected chi connectivity index (χ0v) is 14.3. The molecule has 1 fully saturated rings. The molecule has 1 heterocycles. The number of halogens is 1. The van der Waals surface area contributed by atoms with Crippen LogP contribution in [0.3, 0.4) is 0 Å². The highest BCUT2D eigenvalue weighted by atomic mass is 32.2. The minimum Gasteiger partial charge on any atom is -0.395 e. The second-order valence-corrected chi connectivity index (χ2v) is 6.42. The molecule has 0 saturated carbocycles. The van der Waals surface area contributed by atoms with Gasteiger partial charge in [0.15, 0.2) is 5.84 Å². The zero-order chi connectivity index (χ0) is 17.4. The minimum absolute atomic E-state index is 0.0181. The van der Waals surface area contributed by atoms with E-state index >= 15 is 0 Å². The largest absolute Gasteiger partial charge is 0.395 e. The Morgan fingerprint density at radius 3 is 3.00 bits per heavy atom. The van der Waals surface area contributed by atoms with Crippen molar-refractivity contribution in [3.8, 4) is 0 Å². The number of nitrogens with two attached hydrogens (primary N) is 2. The zero-order valence-electron chi connectivity index (χ0n) is 13.4. The van der Waals surface area contributed by atoms with Crippen molar-refractivity contribution < 1.29 is 14.2 Å². The molecule has 1 aliphatic heterocycles. The second kappa shape index (κ2) is 9.80. The van der Waals surface area contributed by atoms with Crippen LogP contribution in [0.5, 0.6) is 0 Å². The molecule has 6 N–H and O–H groups in total. The number of hydrazine groups is 1. The highest BCUT2D eigenvalue weighted by molar-refractivity contribution is 7.97. The molecule has 9 heteroatoms. The van der Waals surface area contributed by atoms with Gasteiger partial charge in [0, 0.05) is 18.0 Å². The topological polar surface area (TPSA) is 109 Å². The first-order valence-electron chi connectivity index (χ1n) is 7.88. The third kappa shape index (κ3) is 5.91. The number of nitrogens with zero attached hydrogens (tertiary/aromatic N) is 2. The average molecular weight is 357 g/mol. The summed E-state index contributed by atoms with van der Waals surface area (Å²) >= 11 is 1.23. The predicted molar refractivity (Wildman–Crippen MR) is 92.6 cm³/mol. The van der Waals surface area contributed by atoms with Gasteiger partial charge in [-0.1, -0.05) is 0 Å². The molecule has 1 saturated heterocycles. The van der Waals surface area contributed by atoms with E-state index in [-0.39, 0.29) is 24.1 Å². The van der Waals surface area contributed by atoms with Crippen LogP contribution in [0.25, 0.3) is 0 Å². The van der Waals surface area contributed by atoms with Gasteiger partial charge in [0.25, 0.3) is 0 Å². The van der Waals surface area contributed by atoms with Crippen LogP contribution in [0.2, 0.25) is 0 Å². The number of rotatable bonds is 8. The molecule has 0 radical (unpaired) electrons. The summed E-state index contributed by atoms with van der Waals surface area (Å²) in [6, 6.07) is 4.64. The summed E-state index contributed by atoms with van der Waals surface area (Å²) in [5, 5.41) is 14.0. The van der Waals surface area contributed by atoms with E-state index in [4.69, 9.17) is 21.4 Å². The van der Waals surface area contributed by atoms with Crippen LogP contribution in [0, 0.1) is 5.82 Å². The van der Waals surface area contributed by atoms with E-state index in [0.717, 1.165) is 25.9 Å². The molecule has 134 valence electrons. The van der Waals surface area contributed by atoms with Gasteiger partial charge in [-0.05, 0) is 49.4 Å². The van der Waals surface area contributed by atoms with Gasteiger partial charge < -0.3 is 15.6 Å². The Hall–Kier alpha value is -1.39. The number of nitrogens with one attached hydrogen (secondary N) is 1. The van der Waals surface area contributed by atoms with Crippen molar-refractivity contribution in [1.82, 2.24) is 9.84 Å². The van der Waals surface area contributed by atoms with Crippen LogP contribution in [-0.2, 0) is 4.74 Å². The number of aliphatic hydroxyl groups is 1. The lowest BCUT2D eigenvalue weighted by Crippen LogP contribution is -2.38. The third-order valence-corrected chi connectivity index (χ3v) is 4.36. The Morgan fingerprint density at radius 1 is 1.50 bits per heavy atom. The van der Waals surface area contributed by atoms with Crippen LogP contribution in [0.15, 0.2) is 28.2 Å². The Kier molecular flexibility index (Phi) is 7.73. The fraction of sp³-hybridized carbons (Fsp3) is 0.533. The van der Waals surface area contributed by atoms with E-state index in [0.29, 0.717) is 18.0 Å². The SMILES string of the molecule is N/C(=N\N(N)CC1CCCCO1)c1ccc(SNCCO)cc1F. The molecule has 1 aromatic rings. The lowest BCUT2D eigenvalue weighted by Gasteiger charge is -2.25. The summed E-state index contributed by atoms with van der Waals surface area (Å²) in [5.41, 5.74) is 6.06. The van der Waals surface area contributed by atoms with Gasteiger partial charge in [-0.15, -0.1) is 5.10 Å². The number of hydrogen-bond acceptors (Lipinski definition) is 7. The minimum atomic E-state index is -0.477. The molecule has 1 aliphatic rings. The average Bonchev–Trinajstić information content (AvgIpc) is 2.56. The summed E-state index contributed by atoms with van der Waals surface area (Å²) in [5.74, 6) is 5.37. The summed E-state index contributed by atoms with van der Waals surface area (Å²) in [7, 11) is 0. The Morgan fingerprint density at radius 2 is 2.33 bits per heavy atom. The first kappa shape index (κ1) is 18.9. The molecule has 0 bridgehead atoms.